The number of carbonyl (C=O) groups excluding carboxylic acids is 1. The van der Waals surface area contributed by atoms with E-state index in [0.717, 1.165) is 29.7 Å². The Bertz CT molecular complexity index is 1230. The molecule has 3 rings (SSSR count). The molecule has 0 bridgehead atoms. The van der Waals surface area contributed by atoms with Crippen molar-refractivity contribution in [1.29, 1.82) is 0 Å². The minimum absolute atomic E-state index is 0. The van der Waals surface area contributed by atoms with Crippen LogP contribution in [0.5, 0.6) is 28.7 Å². The van der Waals surface area contributed by atoms with Crippen molar-refractivity contribution in [2.24, 2.45) is 0 Å². The van der Waals surface area contributed by atoms with Gasteiger partial charge in [0, 0.05) is 12.5 Å². The van der Waals surface area contributed by atoms with Gasteiger partial charge < -0.3 is 24.4 Å². The number of benzene rings is 3. The molecule has 3 aromatic carbocycles. The van der Waals surface area contributed by atoms with Crippen molar-refractivity contribution in [3.05, 3.63) is 76.9 Å². The van der Waals surface area contributed by atoms with Crippen molar-refractivity contribution < 1.29 is 34.0 Å². The molecule has 9 heteroatoms. The molecule has 0 heterocycles. The normalized spacial score (nSPS) is 10.1. The van der Waals surface area contributed by atoms with Gasteiger partial charge in [0.15, 0.2) is 5.78 Å². The van der Waals surface area contributed by atoms with Gasteiger partial charge in [0.05, 0.1) is 24.3 Å². The molecule has 0 atom stereocenters. The van der Waals surface area contributed by atoms with Gasteiger partial charge >= 0.3 is 65.1 Å². The SMILES string of the molecule is CCCc1cc(Oc2cccc(C(=O)O)c2)ccc1OCCCOc1cc(O)c(C(C)=O)cc1CC.[NaH].[NaH]. The van der Waals surface area contributed by atoms with Crippen molar-refractivity contribution in [3.63, 3.8) is 0 Å². The Morgan fingerprint density at radius 2 is 1.53 bits per heavy atom. The van der Waals surface area contributed by atoms with Gasteiger partial charge in [0.25, 0.3) is 0 Å². The average molecular weight is 541 g/mol. The number of phenols is 1. The molecule has 0 unspecified atom stereocenters. The fourth-order valence-electron chi connectivity index (χ4n) is 3.78. The van der Waals surface area contributed by atoms with Crippen LogP contribution >= 0.6 is 0 Å². The van der Waals surface area contributed by atoms with E-state index in [-0.39, 0.29) is 76.2 Å². The van der Waals surface area contributed by atoms with E-state index in [2.05, 4.69) is 6.92 Å². The van der Waals surface area contributed by atoms with Crippen LogP contribution in [0.1, 0.15) is 65.5 Å². The van der Waals surface area contributed by atoms with E-state index in [1.165, 1.54) is 25.1 Å². The number of hydrogen-bond donors (Lipinski definition) is 2. The van der Waals surface area contributed by atoms with Gasteiger partial charge in [0.2, 0.25) is 0 Å². The molecule has 0 aliphatic carbocycles. The van der Waals surface area contributed by atoms with Crippen molar-refractivity contribution in [2.45, 2.75) is 46.5 Å². The number of hydrogen-bond acceptors (Lipinski definition) is 6. The Morgan fingerprint density at radius 1 is 0.842 bits per heavy atom. The van der Waals surface area contributed by atoms with E-state index in [9.17, 15) is 19.8 Å². The van der Waals surface area contributed by atoms with Crippen molar-refractivity contribution >= 4 is 70.9 Å². The number of Topliss-reactive ketones (excluding diaryl/α,β-unsaturated/α-hetero) is 1. The monoisotopic (exact) mass is 540 g/mol. The second kappa shape index (κ2) is 16.9. The number of aromatic hydroxyl groups is 1. The Hall–Kier alpha value is -2.00. The fraction of sp³-hybridized carbons (Fsp3) is 0.310. The molecule has 2 N–H and O–H groups in total. The number of carboxylic acids is 1. The minimum atomic E-state index is -1.00. The summed E-state index contributed by atoms with van der Waals surface area (Å²) in [5, 5.41) is 19.3. The van der Waals surface area contributed by atoms with Gasteiger partial charge in [-0.2, -0.15) is 0 Å². The molecule has 0 spiro atoms. The first-order valence-electron chi connectivity index (χ1n) is 12.1. The zero-order valence-electron chi connectivity index (χ0n) is 20.9. The van der Waals surface area contributed by atoms with Crippen LogP contribution in [0, 0.1) is 0 Å². The van der Waals surface area contributed by atoms with E-state index in [0.29, 0.717) is 48.9 Å². The molecule has 3 aromatic rings. The molecule has 0 fully saturated rings. The predicted molar refractivity (Wildman–Crippen MR) is 151 cm³/mol. The molecule has 0 aliphatic heterocycles. The summed E-state index contributed by atoms with van der Waals surface area (Å²) in [6.45, 7) is 6.32. The summed E-state index contributed by atoms with van der Waals surface area (Å²) in [7, 11) is 0. The number of phenolic OH excluding ortho intramolecular Hbond substituents is 1. The third-order valence-corrected chi connectivity index (χ3v) is 5.61. The molecule has 38 heavy (non-hydrogen) atoms. The zero-order chi connectivity index (χ0) is 26.1. The number of rotatable bonds is 13. The van der Waals surface area contributed by atoms with E-state index >= 15 is 0 Å². The van der Waals surface area contributed by atoms with Gasteiger partial charge in [0.1, 0.15) is 28.7 Å². The van der Waals surface area contributed by atoms with E-state index in [1.54, 1.807) is 24.3 Å². The summed E-state index contributed by atoms with van der Waals surface area (Å²) >= 11 is 0. The van der Waals surface area contributed by atoms with Crippen LogP contribution in [0.15, 0.2) is 54.6 Å². The number of ketones is 1. The van der Waals surface area contributed by atoms with Crippen molar-refractivity contribution in [1.82, 2.24) is 0 Å². The molecule has 0 saturated carbocycles. The summed E-state index contributed by atoms with van der Waals surface area (Å²) in [6, 6.07) is 15.1. The summed E-state index contributed by atoms with van der Waals surface area (Å²) in [4.78, 5) is 22.9. The van der Waals surface area contributed by atoms with Crippen LogP contribution < -0.4 is 14.2 Å². The van der Waals surface area contributed by atoms with E-state index in [1.807, 2.05) is 19.1 Å². The zero-order valence-corrected chi connectivity index (χ0v) is 20.9. The van der Waals surface area contributed by atoms with Gasteiger partial charge in [-0.25, -0.2) is 4.79 Å². The first-order valence-corrected chi connectivity index (χ1v) is 12.1. The van der Waals surface area contributed by atoms with E-state index < -0.39 is 5.97 Å². The Labute approximate surface area is 268 Å². The second-order valence-electron chi connectivity index (χ2n) is 8.39. The van der Waals surface area contributed by atoms with Crippen LogP contribution in [0.25, 0.3) is 0 Å². The molecule has 0 aliphatic rings. The van der Waals surface area contributed by atoms with E-state index in [4.69, 9.17) is 14.2 Å². The first-order chi connectivity index (χ1) is 17.3. The Balaban J connectivity index is 0.00000361. The number of ether oxygens (including phenoxy) is 3. The molecule has 0 amide bonds. The number of carboxylic acid groups (broad SMARTS) is 1. The second-order valence-corrected chi connectivity index (χ2v) is 8.39. The van der Waals surface area contributed by atoms with Crippen molar-refractivity contribution in [2.75, 3.05) is 13.2 Å². The maximum absolute atomic E-state index is 11.7. The number of aryl methyl sites for hydroxylation is 2. The number of aromatic carboxylic acids is 1. The molecule has 0 aromatic heterocycles. The maximum atomic E-state index is 11.7. The van der Waals surface area contributed by atoms with Gasteiger partial charge in [-0.15, -0.1) is 0 Å². The molecule has 194 valence electrons. The van der Waals surface area contributed by atoms with Crippen LogP contribution in [0.3, 0.4) is 0 Å². The molecular formula is C29H34Na2O7. The third kappa shape index (κ3) is 9.63. The molecule has 0 saturated heterocycles. The number of carbonyl (C=O) groups is 2. The van der Waals surface area contributed by atoms with Crippen LogP contribution in [0.4, 0.5) is 0 Å². The van der Waals surface area contributed by atoms with Crippen molar-refractivity contribution in [3.8, 4) is 28.7 Å². The molecular weight excluding hydrogens is 506 g/mol. The predicted octanol–water partition coefficient (Wildman–Crippen LogP) is 5.15. The summed E-state index contributed by atoms with van der Waals surface area (Å²) in [6.07, 6.45) is 3.04. The summed E-state index contributed by atoms with van der Waals surface area (Å²) in [5.74, 6) is 1.13. The first kappa shape index (κ1) is 34.0. The van der Waals surface area contributed by atoms with Crippen LogP contribution in [-0.2, 0) is 12.8 Å². The Morgan fingerprint density at radius 3 is 2.16 bits per heavy atom. The quantitative estimate of drug-likeness (QED) is 0.176. The summed E-state index contributed by atoms with van der Waals surface area (Å²) < 4.78 is 17.7. The van der Waals surface area contributed by atoms with Gasteiger partial charge in [-0.1, -0.05) is 26.3 Å². The average Bonchev–Trinajstić information content (AvgIpc) is 2.85. The third-order valence-electron chi connectivity index (χ3n) is 5.61. The molecule has 7 nitrogen and oxygen atoms in total. The topological polar surface area (TPSA) is 102 Å². The molecule has 0 radical (unpaired) electrons. The van der Waals surface area contributed by atoms with Gasteiger partial charge in [-0.05, 0) is 73.4 Å². The van der Waals surface area contributed by atoms with Gasteiger partial charge in [-0.3, -0.25) is 4.79 Å². The fourth-order valence-corrected chi connectivity index (χ4v) is 3.78. The standard InChI is InChI=1S/C29H32O7.2Na.2H/c1-4-8-21-15-24(36-23-10-6-9-22(16-23)29(32)33)11-12-27(21)34-13-7-14-35-28-18-26(31)25(19(3)30)17-20(28)5-2;;;;/h6,9-12,15-18,31H,4-5,7-8,13-14H2,1-3H3,(H,32,33);;;;. The summed E-state index contributed by atoms with van der Waals surface area (Å²) in [5.41, 5.74) is 2.34. The van der Waals surface area contributed by atoms with Crippen LogP contribution in [-0.4, -0.2) is 94.3 Å². The van der Waals surface area contributed by atoms with Crippen LogP contribution in [0.2, 0.25) is 0 Å². The Kier molecular flexibility index (Phi) is 15.1.